The molecule has 2 heterocycles. The molecule has 26 heavy (non-hydrogen) atoms. The number of rotatable bonds is 5. The third-order valence-corrected chi connectivity index (χ3v) is 4.04. The van der Waals surface area contributed by atoms with E-state index in [1.165, 1.54) is 11.0 Å². The molecule has 0 fully saturated rings. The van der Waals surface area contributed by atoms with Crippen LogP contribution in [0.3, 0.4) is 0 Å². The third-order valence-electron chi connectivity index (χ3n) is 4.04. The molecule has 0 radical (unpaired) electrons. The number of ketones is 1. The molecule has 1 aliphatic rings. The lowest BCUT2D eigenvalue weighted by molar-refractivity contribution is 0.0474. The molecule has 0 atom stereocenters. The Kier molecular flexibility index (Phi) is 4.14. The number of fused-ring (bicyclic) bond motifs is 1. The number of aromatic nitrogens is 4. The van der Waals surface area contributed by atoms with Crippen molar-refractivity contribution in [2.45, 2.75) is 6.42 Å². The molecule has 0 N–H and O–H groups in total. The molecule has 8 nitrogen and oxygen atoms in total. The number of carbonyl (C=O) groups is 2. The first kappa shape index (κ1) is 15.9. The molecule has 0 bridgehead atoms. The maximum Gasteiger partial charge on any atom is 0.338 e. The van der Waals surface area contributed by atoms with Crippen molar-refractivity contribution in [3.63, 3.8) is 0 Å². The van der Waals surface area contributed by atoms with Gasteiger partial charge in [-0.2, -0.15) is 0 Å². The maximum absolute atomic E-state index is 12.3. The van der Waals surface area contributed by atoms with Crippen molar-refractivity contribution in [2.75, 3.05) is 13.2 Å². The van der Waals surface area contributed by atoms with E-state index in [0.717, 1.165) is 17.7 Å². The number of nitrogens with zero attached hydrogens (tertiary/aromatic N) is 4. The smallest absolute Gasteiger partial charge is 0.338 e. The molecule has 4 rings (SSSR count). The highest BCUT2D eigenvalue weighted by molar-refractivity contribution is 5.99. The summed E-state index contributed by atoms with van der Waals surface area (Å²) in [7, 11) is 0. The Morgan fingerprint density at radius 3 is 2.92 bits per heavy atom. The van der Waals surface area contributed by atoms with Gasteiger partial charge in [0.1, 0.15) is 12.1 Å². The molecule has 130 valence electrons. The molecule has 0 saturated carbocycles. The van der Waals surface area contributed by atoms with Crippen LogP contribution < -0.4 is 4.74 Å². The van der Waals surface area contributed by atoms with E-state index in [4.69, 9.17) is 9.47 Å². The normalized spacial score (nSPS) is 12.3. The topological polar surface area (TPSA) is 96.2 Å². The summed E-state index contributed by atoms with van der Waals surface area (Å²) in [6, 6.07) is 11.9. The van der Waals surface area contributed by atoms with Gasteiger partial charge < -0.3 is 9.47 Å². The molecule has 3 aromatic rings. The summed E-state index contributed by atoms with van der Waals surface area (Å²) < 4.78 is 12.0. The second-order valence-electron chi connectivity index (χ2n) is 5.72. The molecule has 8 heteroatoms. The van der Waals surface area contributed by atoms with E-state index in [1.807, 2.05) is 0 Å². The van der Waals surface area contributed by atoms with Gasteiger partial charge in [-0.25, -0.2) is 9.48 Å². The first-order chi connectivity index (χ1) is 12.7. The fourth-order valence-electron chi connectivity index (χ4n) is 2.71. The summed E-state index contributed by atoms with van der Waals surface area (Å²) in [5, 5.41) is 10.9. The van der Waals surface area contributed by atoms with Gasteiger partial charge in [-0.05, 0) is 52.4 Å². The standard InChI is InChI=1S/C18H14N4O4/c23-16(12-4-5-17-13(8-12)6-7-25-17)10-26-18(24)14-2-1-3-15(9-14)22-11-19-20-21-22/h1-5,8-9,11H,6-7,10H2. The second kappa shape index (κ2) is 6.75. The minimum Gasteiger partial charge on any atom is -0.493 e. The Morgan fingerprint density at radius 1 is 1.15 bits per heavy atom. The minimum atomic E-state index is -0.585. The number of esters is 1. The highest BCUT2D eigenvalue weighted by Gasteiger charge is 2.17. The van der Waals surface area contributed by atoms with Crippen LogP contribution in [-0.2, 0) is 11.2 Å². The van der Waals surface area contributed by atoms with Crippen LogP contribution in [0.5, 0.6) is 5.75 Å². The zero-order valence-electron chi connectivity index (χ0n) is 13.7. The van der Waals surface area contributed by atoms with Crippen molar-refractivity contribution in [1.29, 1.82) is 0 Å². The van der Waals surface area contributed by atoms with Crippen LogP contribution in [0.2, 0.25) is 0 Å². The van der Waals surface area contributed by atoms with Crippen molar-refractivity contribution in [1.82, 2.24) is 20.2 Å². The predicted molar refractivity (Wildman–Crippen MR) is 89.4 cm³/mol. The average Bonchev–Trinajstić information content (AvgIpc) is 3.36. The van der Waals surface area contributed by atoms with Crippen molar-refractivity contribution >= 4 is 11.8 Å². The minimum absolute atomic E-state index is 0.260. The number of benzene rings is 2. The fourth-order valence-corrected chi connectivity index (χ4v) is 2.71. The molecular weight excluding hydrogens is 336 g/mol. The Labute approximate surface area is 148 Å². The first-order valence-electron chi connectivity index (χ1n) is 8.00. The van der Waals surface area contributed by atoms with Crippen molar-refractivity contribution in [2.24, 2.45) is 0 Å². The zero-order valence-corrected chi connectivity index (χ0v) is 13.7. The molecule has 0 unspecified atom stereocenters. The molecule has 0 aliphatic carbocycles. The number of hydrogen-bond donors (Lipinski definition) is 0. The first-order valence-corrected chi connectivity index (χ1v) is 8.00. The number of hydrogen-bond acceptors (Lipinski definition) is 7. The Bertz CT molecular complexity index is 969. The monoisotopic (exact) mass is 350 g/mol. The molecule has 1 aliphatic heterocycles. The Hall–Kier alpha value is -3.55. The van der Waals surface area contributed by atoms with Gasteiger partial charge >= 0.3 is 5.97 Å². The summed E-state index contributed by atoms with van der Waals surface area (Å²) in [4.78, 5) is 24.5. The van der Waals surface area contributed by atoms with Gasteiger partial charge in [-0.1, -0.05) is 6.07 Å². The predicted octanol–water partition coefficient (Wildman–Crippen LogP) is 1.64. The van der Waals surface area contributed by atoms with Gasteiger partial charge in [0.25, 0.3) is 0 Å². The Morgan fingerprint density at radius 2 is 2.08 bits per heavy atom. The van der Waals surface area contributed by atoms with Crippen LogP contribution in [0.1, 0.15) is 26.3 Å². The highest BCUT2D eigenvalue weighted by Crippen LogP contribution is 2.26. The van der Waals surface area contributed by atoms with Crippen molar-refractivity contribution in [3.8, 4) is 11.4 Å². The zero-order chi connectivity index (χ0) is 17.9. The quantitative estimate of drug-likeness (QED) is 0.510. The van der Waals surface area contributed by atoms with Gasteiger partial charge in [0.15, 0.2) is 12.4 Å². The molecular formula is C18H14N4O4. The van der Waals surface area contributed by atoms with Crippen molar-refractivity contribution < 1.29 is 19.1 Å². The van der Waals surface area contributed by atoms with E-state index in [2.05, 4.69) is 15.5 Å². The lowest BCUT2D eigenvalue weighted by Crippen LogP contribution is -2.14. The van der Waals surface area contributed by atoms with Crippen LogP contribution in [0, 0.1) is 0 Å². The average molecular weight is 350 g/mol. The number of ether oxygens (including phenoxy) is 2. The van der Waals surface area contributed by atoms with Gasteiger partial charge in [0.05, 0.1) is 17.9 Å². The van der Waals surface area contributed by atoms with Crippen LogP contribution in [-0.4, -0.2) is 45.2 Å². The Balaban J connectivity index is 1.42. The van der Waals surface area contributed by atoms with Crippen LogP contribution in [0.4, 0.5) is 0 Å². The van der Waals surface area contributed by atoms with Gasteiger partial charge in [-0.3, -0.25) is 4.79 Å². The third kappa shape index (κ3) is 3.16. The van der Waals surface area contributed by atoms with Gasteiger partial charge in [0, 0.05) is 12.0 Å². The van der Waals surface area contributed by atoms with E-state index in [9.17, 15) is 9.59 Å². The summed E-state index contributed by atoms with van der Waals surface area (Å²) in [6.07, 6.45) is 2.20. The van der Waals surface area contributed by atoms with Gasteiger partial charge in [0.2, 0.25) is 0 Å². The van der Waals surface area contributed by atoms with Crippen LogP contribution in [0.15, 0.2) is 48.8 Å². The SMILES string of the molecule is O=C(COC(=O)c1cccc(-n2cnnn2)c1)c1ccc2c(c1)CCO2. The largest absolute Gasteiger partial charge is 0.493 e. The van der Waals surface area contributed by atoms with E-state index < -0.39 is 5.97 Å². The molecule has 0 spiro atoms. The summed E-state index contributed by atoms with van der Waals surface area (Å²) in [5.74, 6) is -0.0413. The maximum atomic E-state index is 12.3. The molecule has 2 aromatic carbocycles. The number of carbonyl (C=O) groups excluding carboxylic acids is 2. The highest BCUT2D eigenvalue weighted by atomic mass is 16.5. The van der Waals surface area contributed by atoms with E-state index >= 15 is 0 Å². The van der Waals surface area contributed by atoms with E-state index in [1.54, 1.807) is 42.5 Å². The lowest BCUT2D eigenvalue weighted by atomic mass is 10.1. The lowest BCUT2D eigenvalue weighted by Gasteiger charge is -2.07. The molecule has 0 amide bonds. The summed E-state index contributed by atoms with van der Waals surface area (Å²) in [6.45, 7) is 0.299. The van der Waals surface area contributed by atoms with Crippen LogP contribution in [0.25, 0.3) is 5.69 Å². The van der Waals surface area contributed by atoms with Crippen LogP contribution >= 0.6 is 0 Å². The second-order valence-corrected chi connectivity index (χ2v) is 5.72. The summed E-state index contributed by atoms with van der Waals surface area (Å²) >= 11 is 0. The van der Waals surface area contributed by atoms with E-state index in [-0.39, 0.29) is 12.4 Å². The number of Topliss-reactive ketones (excluding diaryl/α,β-unsaturated/α-hetero) is 1. The van der Waals surface area contributed by atoms with Crippen molar-refractivity contribution in [3.05, 3.63) is 65.5 Å². The van der Waals surface area contributed by atoms with Gasteiger partial charge in [-0.15, -0.1) is 5.10 Å². The molecule has 1 aromatic heterocycles. The summed E-state index contributed by atoms with van der Waals surface area (Å²) in [5.41, 5.74) is 2.43. The fraction of sp³-hybridized carbons (Fsp3) is 0.167. The number of tetrazole rings is 1. The molecule has 0 saturated heterocycles. The van der Waals surface area contributed by atoms with E-state index in [0.29, 0.717) is 23.4 Å².